The largest absolute Gasteiger partial charge is 0.741 e. The lowest BCUT2D eigenvalue weighted by Crippen LogP contribution is -3.09. The van der Waals surface area contributed by atoms with Crippen molar-refractivity contribution in [3.8, 4) is 0 Å². The van der Waals surface area contributed by atoms with Gasteiger partial charge in [-0.15, -0.1) is 0 Å². The highest BCUT2D eigenvalue weighted by molar-refractivity contribution is 7.86. The predicted octanol–water partition coefficient (Wildman–Crippen LogP) is -0.0176. The summed E-state index contributed by atoms with van der Waals surface area (Å²) in [5, 5.41) is 0. The standard InChI is InChI=1S/C7H15N.CHF3O3S/c1-3-8-5-4-7(2)6-8;2-1(3,4)8(5,6)7/h7H,3-6H2,1-2H3;(H,5,6,7). The average molecular weight is 263 g/mol. The Balaban J connectivity index is 0.000000281. The first-order chi connectivity index (χ1) is 7.08. The number of nitrogens with one attached hydrogen (secondary N) is 1. The van der Waals surface area contributed by atoms with Crippen molar-refractivity contribution in [2.75, 3.05) is 19.6 Å². The Morgan fingerprint density at radius 3 is 2.00 bits per heavy atom. The molecule has 1 heterocycles. The van der Waals surface area contributed by atoms with Crippen molar-refractivity contribution in [1.29, 1.82) is 0 Å². The van der Waals surface area contributed by atoms with Crippen LogP contribution in [-0.2, 0) is 10.1 Å². The van der Waals surface area contributed by atoms with E-state index in [4.69, 9.17) is 13.0 Å². The molecular formula is C8H16F3NO3S. The molecule has 0 amide bonds. The van der Waals surface area contributed by atoms with E-state index in [1.54, 1.807) is 4.90 Å². The van der Waals surface area contributed by atoms with E-state index in [9.17, 15) is 13.2 Å². The molecule has 4 nitrogen and oxygen atoms in total. The molecule has 0 saturated carbocycles. The first kappa shape index (κ1) is 15.7. The van der Waals surface area contributed by atoms with Crippen LogP contribution in [0.4, 0.5) is 13.2 Å². The molecule has 1 N–H and O–H groups in total. The van der Waals surface area contributed by atoms with Gasteiger partial charge in [-0.1, -0.05) is 6.92 Å². The van der Waals surface area contributed by atoms with Gasteiger partial charge in [-0.05, 0) is 6.92 Å². The predicted molar refractivity (Wildman–Crippen MR) is 50.8 cm³/mol. The summed E-state index contributed by atoms with van der Waals surface area (Å²) in [5.74, 6) is 0.991. The quantitative estimate of drug-likeness (QED) is 0.534. The summed E-state index contributed by atoms with van der Waals surface area (Å²) in [6.45, 7) is 8.77. The van der Waals surface area contributed by atoms with Crippen LogP contribution in [0.2, 0.25) is 0 Å². The summed E-state index contributed by atoms with van der Waals surface area (Å²) in [5.41, 5.74) is -5.65. The van der Waals surface area contributed by atoms with E-state index in [1.807, 2.05) is 0 Å². The molecule has 8 heteroatoms. The van der Waals surface area contributed by atoms with Crippen molar-refractivity contribution in [3.63, 3.8) is 0 Å². The number of rotatable bonds is 1. The molecule has 0 aromatic rings. The second-order valence-corrected chi connectivity index (χ2v) is 5.22. The van der Waals surface area contributed by atoms with Gasteiger partial charge >= 0.3 is 5.51 Å². The number of hydrogen-bond acceptors (Lipinski definition) is 3. The van der Waals surface area contributed by atoms with Gasteiger partial charge in [0.25, 0.3) is 0 Å². The van der Waals surface area contributed by atoms with Crippen molar-refractivity contribution in [2.45, 2.75) is 25.8 Å². The minimum Gasteiger partial charge on any atom is -0.741 e. The molecule has 16 heavy (non-hydrogen) atoms. The Labute approximate surface area is 93.2 Å². The fourth-order valence-corrected chi connectivity index (χ4v) is 1.47. The molecular weight excluding hydrogens is 247 g/mol. The highest BCUT2D eigenvalue weighted by Crippen LogP contribution is 2.20. The third kappa shape index (κ3) is 5.66. The van der Waals surface area contributed by atoms with Crippen molar-refractivity contribution < 1.29 is 31.0 Å². The Morgan fingerprint density at radius 2 is 1.88 bits per heavy atom. The molecule has 1 fully saturated rings. The fourth-order valence-electron chi connectivity index (χ4n) is 1.47. The van der Waals surface area contributed by atoms with Crippen LogP contribution >= 0.6 is 0 Å². The maximum absolute atomic E-state index is 10.7. The molecule has 0 aliphatic carbocycles. The van der Waals surface area contributed by atoms with Crippen LogP contribution < -0.4 is 4.90 Å². The van der Waals surface area contributed by atoms with Crippen LogP contribution in [-0.4, -0.2) is 38.1 Å². The van der Waals surface area contributed by atoms with E-state index in [1.165, 1.54) is 26.1 Å². The number of likely N-dealkylation sites (tertiary alicyclic amines) is 1. The molecule has 98 valence electrons. The van der Waals surface area contributed by atoms with Crippen LogP contribution in [0.1, 0.15) is 20.3 Å². The van der Waals surface area contributed by atoms with Gasteiger partial charge in [0, 0.05) is 12.3 Å². The average Bonchev–Trinajstić information content (AvgIpc) is 2.48. The van der Waals surface area contributed by atoms with E-state index in [-0.39, 0.29) is 0 Å². The zero-order valence-corrected chi connectivity index (χ0v) is 9.99. The number of halogens is 3. The normalized spacial score (nSPS) is 26.1. The first-order valence-corrected chi connectivity index (χ1v) is 6.34. The monoisotopic (exact) mass is 263 g/mol. The summed E-state index contributed by atoms with van der Waals surface area (Å²) in [6, 6.07) is 0. The van der Waals surface area contributed by atoms with Crippen LogP contribution in [0, 0.1) is 5.92 Å². The van der Waals surface area contributed by atoms with E-state index in [2.05, 4.69) is 13.8 Å². The molecule has 0 radical (unpaired) electrons. The summed E-state index contributed by atoms with van der Waals surface area (Å²) >= 11 is 0. The van der Waals surface area contributed by atoms with E-state index >= 15 is 0 Å². The van der Waals surface area contributed by atoms with Crippen molar-refractivity contribution in [2.24, 2.45) is 5.92 Å². The first-order valence-electron chi connectivity index (χ1n) is 4.93. The van der Waals surface area contributed by atoms with E-state index in [0.717, 1.165) is 5.92 Å². The van der Waals surface area contributed by atoms with Crippen LogP contribution in [0.15, 0.2) is 0 Å². The van der Waals surface area contributed by atoms with E-state index < -0.39 is 15.6 Å². The van der Waals surface area contributed by atoms with Gasteiger partial charge in [-0.2, -0.15) is 13.2 Å². The lowest BCUT2D eigenvalue weighted by atomic mass is 10.2. The Morgan fingerprint density at radius 1 is 1.44 bits per heavy atom. The van der Waals surface area contributed by atoms with Gasteiger partial charge in [0.15, 0.2) is 10.1 Å². The van der Waals surface area contributed by atoms with Crippen molar-refractivity contribution in [1.82, 2.24) is 0 Å². The minimum absolute atomic E-state index is 0.991. The Hall–Kier alpha value is -0.340. The highest BCUT2D eigenvalue weighted by Gasteiger charge is 2.36. The topological polar surface area (TPSA) is 61.6 Å². The Bertz CT molecular complexity index is 302. The second-order valence-electron chi connectivity index (χ2n) is 3.85. The SMILES string of the molecule is CC[NH+]1CCC(C)C1.O=S(=O)([O-])C(F)(F)F. The van der Waals surface area contributed by atoms with Crippen LogP contribution in [0.25, 0.3) is 0 Å². The minimum atomic E-state index is -6.09. The molecule has 0 spiro atoms. The molecule has 1 aliphatic rings. The van der Waals surface area contributed by atoms with Gasteiger partial charge < -0.3 is 9.45 Å². The van der Waals surface area contributed by atoms with Crippen LogP contribution in [0.3, 0.4) is 0 Å². The summed E-state index contributed by atoms with van der Waals surface area (Å²) in [7, 11) is -6.09. The smallest absolute Gasteiger partial charge is 0.485 e. The van der Waals surface area contributed by atoms with Crippen LogP contribution in [0.5, 0.6) is 0 Å². The highest BCUT2D eigenvalue weighted by atomic mass is 32.2. The molecule has 1 saturated heterocycles. The van der Waals surface area contributed by atoms with Crippen molar-refractivity contribution in [3.05, 3.63) is 0 Å². The molecule has 0 aromatic carbocycles. The summed E-state index contributed by atoms with van der Waals surface area (Å²) in [4.78, 5) is 1.79. The lowest BCUT2D eigenvalue weighted by Gasteiger charge is -2.08. The number of quaternary nitrogens is 1. The molecule has 0 bridgehead atoms. The third-order valence-corrected chi connectivity index (χ3v) is 2.98. The van der Waals surface area contributed by atoms with Gasteiger partial charge in [0.2, 0.25) is 0 Å². The maximum atomic E-state index is 10.7. The number of hydrogen-bond donors (Lipinski definition) is 1. The molecule has 2 atom stereocenters. The zero-order valence-electron chi connectivity index (χ0n) is 9.17. The maximum Gasteiger partial charge on any atom is 0.485 e. The molecule has 2 unspecified atom stereocenters. The fraction of sp³-hybridized carbons (Fsp3) is 1.00. The van der Waals surface area contributed by atoms with Gasteiger partial charge in [-0.25, -0.2) is 8.42 Å². The zero-order chi connectivity index (χ0) is 13.0. The second kappa shape index (κ2) is 5.83. The number of alkyl halides is 3. The third-order valence-electron chi connectivity index (χ3n) is 2.41. The molecule has 0 aromatic heterocycles. The molecule has 1 rings (SSSR count). The van der Waals surface area contributed by atoms with Gasteiger partial charge in [0.05, 0.1) is 19.6 Å². The molecule has 1 aliphatic heterocycles. The van der Waals surface area contributed by atoms with E-state index in [0.29, 0.717) is 0 Å². The summed E-state index contributed by atoms with van der Waals surface area (Å²) in [6.07, 6.45) is 1.45. The summed E-state index contributed by atoms with van der Waals surface area (Å²) < 4.78 is 58.9. The van der Waals surface area contributed by atoms with Crippen molar-refractivity contribution >= 4 is 10.1 Å². The van der Waals surface area contributed by atoms with Gasteiger partial charge in [0.1, 0.15) is 0 Å². The Kier molecular flexibility index (Phi) is 5.71. The lowest BCUT2D eigenvalue weighted by molar-refractivity contribution is -0.886. The van der Waals surface area contributed by atoms with Gasteiger partial charge in [-0.3, -0.25) is 0 Å².